The molecular weight excluding hydrogens is 779 g/mol. The zero-order valence-electron chi connectivity index (χ0n) is 35.5. The third-order valence-electron chi connectivity index (χ3n) is 13.7. The molecule has 2 aromatic heterocycles. The van der Waals surface area contributed by atoms with Crippen LogP contribution in [0.5, 0.6) is 0 Å². The molecule has 3 nitrogen and oxygen atoms in total. The predicted octanol–water partition coefficient (Wildman–Crippen LogP) is 17.4. The molecule has 0 saturated heterocycles. The first kappa shape index (κ1) is 36.5. The van der Waals surface area contributed by atoms with Crippen molar-refractivity contribution < 1.29 is 8.83 Å². The molecule has 0 N–H and O–H groups in total. The summed E-state index contributed by atoms with van der Waals surface area (Å²) in [6.07, 6.45) is 0. The van der Waals surface area contributed by atoms with Gasteiger partial charge < -0.3 is 13.7 Å². The van der Waals surface area contributed by atoms with Gasteiger partial charge in [0, 0.05) is 49.6 Å². The molecule has 0 amide bonds. The van der Waals surface area contributed by atoms with E-state index in [9.17, 15) is 0 Å². The number of furan rings is 2. The molecule has 0 fully saturated rings. The van der Waals surface area contributed by atoms with Crippen LogP contribution in [0.15, 0.2) is 221 Å². The quantitative estimate of drug-likeness (QED) is 0.167. The standard InChI is InChI=1S/C61H41NO2/c1-61(2)52-21-10-8-18-48(52)49-32-31-44(37-53(49)61)62(42-27-23-39(24-28-42)38-13-4-3-5-14-38)43-29-25-41(26-30-43)46-33-34-50(47-20-12-16-40-15-6-7-17-45(40)47)58-59-56(64-60(46)58)36-35-55-57(59)51-19-9-11-22-54(51)63-55/h3-37H,1-2H3. The van der Waals surface area contributed by atoms with Gasteiger partial charge in [-0.25, -0.2) is 0 Å². The third kappa shape index (κ3) is 5.47. The molecule has 1 aliphatic rings. The first-order valence-electron chi connectivity index (χ1n) is 22.1. The molecule has 1 aliphatic carbocycles. The Hall–Kier alpha value is -8.14. The van der Waals surface area contributed by atoms with E-state index in [0.717, 1.165) is 77.6 Å². The summed E-state index contributed by atoms with van der Waals surface area (Å²) < 4.78 is 13.5. The SMILES string of the molecule is CC1(C)c2ccccc2-c2ccc(N(c3ccc(-c4ccccc4)cc3)c3ccc(-c4ccc(-c5cccc6ccccc56)c5c4oc4ccc6oc7ccccc7c6c45)cc3)cc21. The Bertz CT molecular complexity index is 3790. The summed E-state index contributed by atoms with van der Waals surface area (Å²) in [6.45, 7) is 4.69. The Kier molecular flexibility index (Phi) is 7.95. The van der Waals surface area contributed by atoms with Gasteiger partial charge in [0.2, 0.25) is 0 Å². The van der Waals surface area contributed by atoms with Gasteiger partial charge in [0.25, 0.3) is 0 Å². The topological polar surface area (TPSA) is 29.5 Å². The number of nitrogens with zero attached hydrogens (tertiary/aromatic N) is 1. The van der Waals surface area contributed by atoms with Gasteiger partial charge in [-0.05, 0) is 122 Å². The molecule has 0 unspecified atom stereocenters. The average Bonchev–Trinajstić information content (AvgIpc) is 4.00. The lowest BCUT2D eigenvalue weighted by atomic mass is 9.82. The maximum absolute atomic E-state index is 7.04. The second-order valence-corrected chi connectivity index (χ2v) is 17.6. The highest BCUT2D eigenvalue weighted by Crippen LogP contribution is 2.52. The number of anilines is 3. The maximum Gasteiger partial charge on any atom is 0.143 e. The highest BCUT2D eigenvalue weighted by atomic mass is 16.3. The van der Waals surface area contributed by atoms with Gasteiger partial charge in [-0.3, -0.25) is 0 Å². The monoisotopic (exact) mass is 819 g/mol. The molecule has 12 aromatic rings. The van der Waals surface area contributed by atoms with Crippen molar-refractivity contribution in [3.05, 3.63) is 223 Å². The first-order valence-corrected chi connectivity index (χ1v) is 22.1. The zero-order valence-corrected chi connectivity index (χ0v) is 35.5. The minimum atomic E-state index is -0.126. The molecule has 10 aromatic carbocycles. The smallest absolute Gasteiger partial charge is 0.143 e. The van der Waals surface area contributed by atoms with Gasteiger partial charge in [0.15, 0.2) is 0 Å². The molecule has 0 saturated carbocycles. The van der Waals surface area contributed by atoms with E-state index in [-0.39, 0.29) is 5.41 Å². The van der Waals surface area contributed by atoms with E-state index in [2.05, 4.69) is 213 Å². The maximum atomic E-state index is 7.04. The molecule has 64 heavy (non-hydrogen) atoms. The van der Waals surface area contributed by atoms with Crippen molar-refractivity contribution in [1.82, 2.24) is 0 Å². The Balaban J connectivity index is 0.991. The summed E-state index contributed by atoms with van der Waals surface area (Å²) in [5.74, 6) is 0. The number of fused-ring (bicyclic) bond motifs is 11. The van der Waals surface area contributed by atoms with Crippen LogP contribution in [0, 0.1) is 0 Å². The molecule has 0 radical (unpaired) electrons. The Labute approximate surface area is 371 Å². The van der Waals surface area contributed by atoms with Gasteiger partial charge in [-0.1, -0.05) is 166 Å². The van der Waals surface area contributed by atoms with Crippen molar-refractivity contribution in [2.45, 2.75) is 19.3 Å². The van der Waals surface area contributed by atoms with Crippen molar-refractivity contribution in [3.63, 3.8) is 0 Å². The number of rotatable bonds is 6. The molecule has 302 valence electrons. The zero-order chi connectivity index (χ0) is 42.5. The van der Waals surface area contributed by atoms with Crippen molar-refractivity contribution in [3.8, 4) is 44.5 Å². The van der Waals surface area contributed by atoms with Crippen molar-refractivity contribution in [2.24, 2.45) is 0 Å². The summed E-state index contributed by atoms with van der Waals surface area (Å²) in [5, 5.41) is 6.74. The first-order chi connectivity index (χ1) is 31.5. The van der Waals surface area contributed by atoms with E-state index in [0.29, 0.717) is 0 Å². The van der Waals surface area contributed by atoms with Crippen LogP contribution in [0.2, 0.25) is 0 Å². The fourth-order valence-corrected chi connectivity index (χ4v) is 10.6. The van der Waals surface area contributed by atoms with Crippen LogP contribution in [0.1, 0.15) is 25.0 Å². The van der Waals surface area contributed by atoms with Gasteiger partial charge in [0.1, 0.15) is 22.3 Å². The molecule has 0 spiro atoms. The lowest BCUT2D eigenvalue weighted by Crippen LogP contribution is -2.16. The van der Waals surface area contributed by atoms with Crippen LogP contribution in [0.3, 0.4) is 0 Å². The van der Waals surface area contributed by atoms with Gasteiger partial charge in [-0.15, -0.1) is 0 Å². The van der Waals surface area contributed by atoms with Crippen LogP contribution in [0.25, 0.3) is 99.2 Å². The lowest BCUT2D eigenvalue weighted by molar-refractivity contribution is 0.660. The summed E-state index contributed by atoms with van der Waals surface area (Å²) >= 11 is 0. The average molecular weight is 820 g/mol. The van der Waals surface area contributed by atoms with E-state index in [1.165, 1.54) is 49.7 Å². The summed E-state index contributed by atoms with van der Waals surface area (Å²) in [5.41, 5.74) is 18.7. The fraction of sp³-hybridized carbons (Fsp3) is 0.0492. The molecule has 3 heteroatoms. The minimum Gasteiger partial charge on any atom is -0.456 e. The highest BCUT2D eigenvalue weighted by molar-refractivity contribution is 6.30. The Morgan fingerprint density at radius 2 is 0.922 bits per heavy atom. The van der Waals surface area contributed by atoms with E-state index in [4.69, 9.17) is 8.83 Å². The number of benzene rings is 10. The molecule has 2 heterocycles. The minimum absolute atomic E-state index is 0.126. The van der Waals surface area contributed by atoms with Crippen molar-refractivity contribution in [1.29, 1.82) is 0 Å². The molecule has 0 aliphatic heterocycles. The van der Waals surface area contributed by atoms with Crippen LogP contribution in [0.4, 0.5) is 17.1 Å². The van der Waals surface area contributed by atoms with Gasteiger partial charge in [0.05, 0.1) is 0 Å². The van der Waals surface area contributed by atoms with Gasteiger partial charge >= 0.3 is 0 Å². The molecular formula is C61H41NO2. The van der Waals surface area contributed by atoms with Crippen LogP contribution < -0.4 is 4.90 Å². The van der Waals surface area contributed by atoms with E-state index < -0.39 is 0 Å². The predicted molar refractivity (Wildman–Crippen MR) is 267 cm³/mol. The number of hydrogen-bond acceptors (Lipinski definition) is 3. The second kappa shape index (κ2) is 13.9. The Morgan fingerprint density at radius 3 is 1.73 bits per heavy atom. The van der Waals surface area contributed by atoms with Crippen LogP contribution in [-0.4, -0.2) is 0 Å². The van der Waals surface area contributed by atoms with E-state index >= 15 is 0 Å². The molecule has 13 rings (SSSR count). The Morgan fingerprint density at radius 1 is 0.344 bits per heavy atom. The van der Waals surface area contributed by atoms with E-state index in [1.54, 1.807) is 0 Å². The van der Waals surface area contributed by atoms with Crippen LogP contribution >= 0.6 is 0 Å². The highest BCUT2D eigenvalue weighted by Gasteiger charge is 2.36. The van der Waals surface area contributed by atoms with E-state index in [1.807, 2.05) is 18.2 Å². The molecule has 0 bridgehead atoms. The van der Waals surface area contributed by atoms with Gasteiger partial charge in [-0.2, -0.15) is 0 Å². The number of hydrogen-bond donors (Lipinski definition) is 0. The number of para-hydroxylation sites is 1. The summed E-state index contributed by atoms with van der Waals surface area (Å²) in [6, 6.07) is 76.5. The van der Waals surface area contributed by atoms with Crippen molar-refractivity contribution in [2.75, 3.05) is 4.90 Å². The fourth-order valence-electron chi connectivity index (χ4n) is 10.6. The normalized spacial score (nSPS) is 13.0. The third-order valence-corrected chi connectivity index (χ3v) is 13.7. The summed E-state index contributed by atoms with van der Waals surface area (Å²) in [7, 11) is 0. The molecule has 0 atom stereocenters. The lowest BCUT2D eigenvalue weighted by Gasteiger charge is -2.28. The summed E-state index contributed by atoms with van der Waals surface area (Å²) in [4.78, 5) is 2.39. The van der Waals surface area contributed by atoms with Crippen LogP contribution in [-0.2, 0) is 5.41 Å². The largest absolute Gasteiger partial charge is 0.456 e. The second-order valence-electron chi connectivity index (χ2n) is 17.6. The van der Waals surface area contributed by atoms with Crippen molar-refractivity contribution >= 4 is 71.7 Å².